The van der Waals surface area contributed by atoms with Gasteiger partial charge in [-0.1, -0.05) is 18.2 Å². The molecule has 0 aliphatic carbocycles. The molecular formula is C21H21BrN2O3. The molecule has 0 heterocycles. The normalized spacial score (nSPS) is 10.9. The molecule has 0 unspecified atom stereocenters. The van der Waals surface area contributed by atoms with Crippen LogP contribution in [0.5, 0.6) is 11.5 Å². The molecular weight excluding hydrogens is 408 g/mol. The number of nitrogens with one attached hydrogen (secondary N) is 1. The summed E-state index contributed by atoms with van der Waals surface area (Å²) in [6.07, 6.45) is 1.51. The highest BCUT2D eigenvalue weighted by Crippen LogP contribution is 2.34. The molecule has 27 heavy (non-hydrogen) atoms. The first kappa shape index (κ1) is 20.5. The summed E-state index contributed by atoms with van der Waals surface area (Å²) >= 11 is 3.45. The van der Waals surface area contributed by atoms with Crippen LogP contribution >= 0.6 is 15.9 Å². The van der Waals surface area contributed by atoms with Gasteiger partial charge in [-0.3, -0.25) is 4.79 Å². The number of para-hydroxylation sites is 1. The third-order valence-corrected chi connectivity index (χ3v) is 4.34. The number of carbonyl (C=O) groups excluding carboxylic acids is 1. The van der Waals surface area contributed by atoms with E-state index in [9.17, 15) is 10.1 Å². The minimum absolute atomic E-state index is 0.0183. The second-order valence-electron chi connectivity index (χ2n) is 5.63. The molecule has 0 atom stereocenters. The highest BCUT2D eigenvalue weighted by Gasteiger charge is 2.14. The number of benzene rings is 2. The number of amides is 1. The Morgan fingerprint density at radius 1 is 1.19 bits per heavy atom. The first-order valence-electron chi connectivity index (χ1n) is 8.58. The van der Waals surface area contributed by atoms with Crippen molar-refractivity contribution < 1.29 is 14.3 Å². The molecule has 1 N–H and O–H groups in total. The van der Waals surface area contributed by atoms with Crippen molar-refractivity contribution in [2.24, 2.45) is 0 Å². The summed E-state index contributed by atoms with van der Waals surface area (Å²) in [5.41, 5.74) is 2.18. The van der Waals surface area contributed by atoms with Gasteiger partial charge >= 0.3 is 0 Å². The summed E-state index contributed by atoms with van der Waals surface area (Å²) in [6, 6.07) is 12.9. The van der Waals surface area contributed by atoms with Gasteiger partial charge in [-0.2, -0.15) is 5.26 Å². The molecule has 2 rings (SSSR count). The Kier molecular flexibility index (Phi) is 7.44. The largest absolute Gasteiger partial charge is 0.493 e. The van der Waals surface area contributed by atoms with Crippen LogP contribution in [0.4, 0.5) is 5.69 Å². The van der Waals surface area contributed by atoms with Gasteiger partial charge in [-0.25, -0.2) is 0 Å². The van der Waals surface area contributed by atoms with Crippen LogP contribution in [0.2, 0.25) is 0 Å². The van der Waals surface area contributed by atoms with Crippen molar-refractivity contribution in [3.05, 3.63) is 57.6 Å². The van der Waals surface area contributed by atoms with E-state index >= 15 is 0 Å². The number of nitrogens with zero attached hydrogens (tertiary/aromatic N) is 1. The van der Waals surface area contributed by atoms with Crippen molar-refractivity contribution in [2.45, 2.75) is 20.8 Å². The molecule has 6 heteroatoms. The van der Waals surface area contributed by atoms with Crippen molar-refractivity contribution in [1.29, 1.82) is 5.26 Å². The number of rotatable bonds is 7. The Balaban J connectivity index is 2.38. The van der Waals surface area contributed by atoms with Gasteiger partial charge in [0.25, 0.3) is 5.91 Å². The molecule has 0 aliphatic rings. The molecule has 0 saturated heterocycles. The molecule has 0 aromatic heterocycles. The number of ether oxygens (including phenoxy) is 2. The molecule has 0 radical (unpaired) electrons. The second kappa shape index (κ2) is 9.79. The van der Waals surface area contributed by atoms with Crippen molar-refractivity contribution in [3.8, 4) is 17.6 Å². The zero-order valence-electron chi connectivity index (χ0n) is 15.5. The van der Waals surface area contributed by atoms with Gasteiger partial charge in [0.05, 0.1) is 17.7 Å². The smallest absolute Gasteiger partial charge is 0.266 e. The second-order valence-corrected chi connectivity index (χ2v) is 6.48. The van der Waals surface area contributed by atoms with Gasteiger partial charge in [0.2, 0.25) is 0 Å². The van der Waals surface area contributed by atoms with Crippen LogP contribution in [0.3, 0.4) is 0 Å². The molecule has 5 nitrogen and oxygen atoms in total. The Labute approximate surface area is 167 Å². The van der Waals surface area contributed by atoms with Crippen LogP contribution in [0.25, 0.3) is 6.08 Å². The van der Waals surface area contributed by atoms with Gasteiger partial charge in [-0.05, 0) is 60.5 Å². The Hall–Kier alpha value is -2.78. The summed E-state index contributed by atoms with van der Waals surface area (Å²) in [4.78, 5) is 12.5. The zero-order chi connectivity index (χ0) is 19.8. The average molecular weight is 429 g/mol. The van der Waals surface area contributed by atoms with E-state index in [0.29, 0.717) is 36.0 Å². The number of nitriles is 1. The van der Waals surface area contributed by atoms with Crippen LogP contribution in [0.1, 0.15) is 25.0 Å². The van der Waals surface area contributed by atoms with E-state index in [1.54, 1.807) is 18.2 Å². The standard InChI is InChI=1S/C21H21BrN2O3/c1-4-26-19-12-20(27-5-2)17(22)11-15(19)10-16(13-23)21(25)24-18-9-7-6-8-14(18)3/h6-12H,4-5H2,1-3H3,(H,24,25)/b16-10-. The van der Waals surface area contributed by atoms with E-state index in [2.05, 4.69) is 21.2 Å². The molecule has 0 spiro atoms. The molecule has 0 saturated carbocycles. The number of hydrogen-bond donors (Lipinski definition) is 1. The van der Waals surface area contributed by atoms with Crippen LogP contribution in [-0.2, 0) is 4.79 Å². The Morgan fingerprint density at radius 2 is 1.85 bits per heavy atom. The number of carbonyl (C=O) groups is 1. The van der Waals surface area contributed by atoms with Gasteiger partial charge < -0.3 is 14.8 Å². The first-order chi connectivity index (χ1) is 13.0. The van der Waals surface area contributed by atoms with E-state index in [-0.39, 0.29) is 5.57 Å². The molecule has 140 valence electrons. The fraction of sp³-hybridized carbons (Fsp3) is 0.238. The maximum atomic E-state index is 12.5. The summed E-state index contributed by atoms with van der Waals surface area (Å²) in [5, 5.41) is 12.2. The lowest BCUT2D eigenvalue weighted by molar-refractivity contribution is -0.112. The predicted octanol–water partition coefficient (Wildman–Crippen LogP) is 5.10. The first-order valence-corrected chi connectivity index (χ1v) is 9.37. The van der Waals surface area contributed by atoms with Crippen molar-refractivity contribution >= 4 is 33.6 Å². The fourth-order valence-electron chi connectivity index (χ4n) is 2.42. The lowest BCUT2D eigenvalue weighted by Gasteiger charge is -2.13. The summed E-state index contributed by atoms with van der Waals surface area (Å²) in [5.74, 6) is 0.709. The summed E-state index contributed by atoms with van der Waals surface area (Å²) < 4.78 is 11.9. The SMILES string of the molecule is CCOc1cc(OCC)c(/C=C(/C#N)C(=O)Nc2ccccc2C)cc1Br. The summed E-state index contributed by atoms with van der Waals surface area (Å²) in [6.45, 7) is 6.62. The fourth-order valence-corrected chi connectivity index (χ4v) is 2.89. The van der Waals surface area contributed by atoms with Gasteiger partial charge in [0, 0.05) is 17.3 Å². The highest BCUT2D eigenvalue weighted by molar-refractivity contribution is 9.10. The number of halogens is 1. The zero-order valence-corrected chi connectivity index (χ0v) is 17.1. The third-order valence-electron chi connectivity index (χ3n) is 3.72. The Morgan fingerprint density at radius 3 is 2.48 bits per heavy atom. The van der Waals surface area contributed by atoms with E-state index in [1.165, 1.54) is 6.08 Å². The van der Waals surface area contributed by atoms with E-state index in [0.717, 1.165) is 10.0 Å². The third kappa shape index (κ3) is 5.35. The molecule has 0 bridgehead atoms. The average Bonchev–Trinajstić information content (AvgIpc) is 2.65. The molecule has 2 aromatic carbocycles. The van der Waals surface area contributed by atoms with Gasteiger partial charge in [-0.15, -0.1) is 0 Å². The molecule has 2 aromatic rings. The topological polar surface area (TPSA) is 71.3 Å². The number of anilines is 1. The Bertz CT molecular complexity index is 901. The number of aryl methyl sites for hydroxylation is 1. The quantitative estimate of drug-likeness (QED) is 0.491. The van der Waals surface area contributed by atoms with Gasteiger partial charge in [0.1, 0.15) is 23.1 Å². The van der Waals surface area contributed by atoms with Gasteiger partial charge in [0.15, 0.2) is 0 Å². The molecule has 0 fully saturated rings. The van der Waals surface area contributed by atoms with Crippen LogP contribution < -0.4 is 14.8 Å². The lowest BCUT2D eigenvalue weighted by Crippen LogP contribution is -2.14. The van der Waals surface area contributed by atoms with E-state index < -0.39 is 5.91 Å². The van der Waals surface area contributed by atoms with E-state index in [1.807, 2.05) is 45.0 Å². The van der Waals surface area contributed by atoms with E-state index in [4.69, 9.17) is 9.47 Å². The van der Waals surface area contributed by atoms with Crippen molar-refractivity contribution in [3.63, 3.8) is 0 Å². The van der Waals surface area contributed by atoms with Crippen LogP contribution in [-0.4, -0.2) is 19.1 Å². The predicted molar refractivity (Wildman–Crippen MR) is 110 cm³/mol. The maximum Gasteiger partial charge on any atom is 0.266 e. The van der Waals surface area contributed by atoms with Crippen molar-refractivity contribution in [2.75, 3.05) is 18.5 Å². The number of hydrogen-bond acceptors (Lipinski definition) is 4. The summed E-state index contributed by atoms with van der Waals surface area (Å²) in [7, 11) is 0. The van der Waals surface area contributed by atoms with Crippen LogP contribution in [0, 0.1) is 18.3 Å². The minimum atomic E-state index is -0.473. The molecule has 1 amide bonds. The highest BCUT2D eigenvalue weighted by atomic mass is 79.9. The maximum absolute atomic E-state index is 12.5. The monoisotopic (exact) mass is 428 g/mol. The van der Waals surface area contributed by atoms with Crippen molar-refractivity contribution in [1.82, 2.24) is 0 Å². The lowest BCUT2D eigenvalue weighted by atomic mass is 10.1. The van der Waals surface area contributed by atoms with Crippen LogP contribution in [0.15, 0.2) is 46.4 Å². The molecule has 0 aliphatic heterocycles. The minimum Gasteiger partial charge on any atom is -0.493 e.